The molecule has 224 valence electrons. The third-order valence-electron chi connectivity index (χ3n) is 7.74. The third-order valence-corrected chi connectivity index (χ3v) is 7.74. The number of nitrogens with one attached hydrogen (secondary N) is 4. The number of methoxy groups -OCH3 is 1. The van der Waals surface area contributed by atoms with Gasteiger partial charge in [0, 0.05) is 6.54 Å². The summed E-state index contributed by atoms with van der Waals surface area (Å²) in [5.74, 6) is 1.57. The van der Waals surface area contributed by atoms with Gasteiger partial charge in [0.25, 0.3) is 0 Å². The Labute approximate surface area is 252 Å². The van der Waals surface area contributed by atoms with Gasteiger partial charge >= 0.3 is 6.09 Å². The second-order valence-electron chi connectivity index (χ2n) is 10.9. The molecule has 3 atom stereocenters. The highest BCUT2D eigenvalue weighted by molar-refractivity contribution is 5.86. The van der Waals surface area contributed by atoms with Crippen LogP contribution in [0.25, 0.3) is 23.4 Å². The van der Waals surface area contributed by atoms with E-state index in [1.807, 2.05) is 49.4 Å². The summed E-state index contributed by atoms with van der Waals surface area (Å²) in [6, 6.07) is 7.77. The van der Waals surface area contributed by atoms with Crippen molar-refractivity contribution in [2.24, 2.45) is 5.92 Å². The van der Waals surface area contributed by atoms with E-state index in [1.54, 1.807) is 0 Å². The second kappa shape index (κ2) is 14.3. The molecule has 1 aromatic carbocycles. The summed E-state index contributed by atoms with van der Waals surface area (Å²) in [5, 5.41) is 6.15. The number of carbonyl (C=O) groups excluding carboxylic acids is 2. The number of carbonyl (C=O) groups is 2. The normalized spacial score (nSPS) is 19.5. The highest BCUT2D eigenvalue weighted by atomic mass is 35.5. The fraction of sp³-hybridized carbons (Fsp3) is 0.419. The van der Waals surface area contributed by atoms with Crippen molar-refractivity contribution < 1.29 is 14.3 Å². The van der Waals surface area contributed by atoms with Gasteiger partial charge < -0.3 is 30.2 Å². The SMILES string of the molecule is COC(=O)N[C@H](C(=O)N1CCC[C@H]1c1ncc(-c2ccc(C=CC=Cc3cnc([C@@H]4CCCN4)[nH]3)cc2)[nH]1)C(C)C.Cl. The summed E-state index contributed by atoms with van der Waals surface area (Å²) >= 11 is 0. The summed E-state index contributed by atoms with van der Waals surface area (Å²) < 4.78 is 4.73. The molecular formula is C31H40ClN7O3. The number of allylic oxidation sites excluding steroid dienone is 2. The van der Waals surface area contributed by atoms with Gasteiger partial charge in [-0.2, -0.15) is 0 Å². The van der Waals surface area contributed by atoms with Crippen molar-refractivity contribution in [3.63, 3.8) is 0 Å². The molecule has 42 heavy (non-hydrogen) atoms. The number of hydrogen-bond acceptors (Lipinski definition) is 6. The van der Waals surface area contributed by atoms with Crippen LogP contribution in [-0.4, -0.2) is 63.1 Å². The Kier molecular flexibility index (Phi) is 10.6. The Morgan fingerprint density at radius 3 is 2.50 bits per heavy atom. The minimum absolute atomic E-state index is 0. The highest BCUT2D eigenvalue weighted by Gasteiger charge is 2.37. The van der Waals surface area contributed by atoms with E-state index in [-0.39, 0.29) is 30.3 Å². The number of amides is 2. The zero-order valence-electron chi connectivity index (χ0n) is 24.3. The first-order valence-corrected chi connectivity index (χ1v) is 14.4. The molecule has 4 N–H and O–H groups in total. The maximum Gasteiger partial charge on any atom is 0.407 e. The third kappa shape index (κ3) is 7.30. The number of halogens is 1. The summed E-state index contributed by atoms with van der Waals surface area (Å²) in [4.78, 5) is 43.0. The summed E-state index contributed by atoms with van der Waals surface area (Å²) in [5.41, 5.74) is 3.99. The van der Waals surface area contributed by atoms with Crippen LogP contribution in [0, 0.1) is 5.92 Å². The first kappa shape index (κ1) is 31.1. The second-order valence-corrected chi connectivity index (χ2v) is 10.9. The number of imidazole rings is 2. The van der Waals surface area contributed by atoms with Crippen molar-refractivity contribution in [1.82, 2.24) is 35.5 Å². The average Bonchev–Trinajstić information content (AvgIpc) is 3.80. The molecular weight excluding hydrogens is 554 g/mol. The minimum atomic E-state index is -0.654. The standard InChI is InChI=1S/C31H39N7O3.ClH/c1-20(2)27(37-31(40)41-3)30(39)38-17-7-11-26(38)29-34-19-25(36-29)22-14-12-21(13-15-22)8-4-5-9-23-18-33-28(35-23)24-10-6-16-32-24;/h4-5,8-9,12-15,18-20,24,26-27,32H,6-7,10-11,16-17H2,1-3H3,(H,33,35)(H,34,36)(H,37,40);1H/t24-,26-,27-;/m0./s1. The van der Waals surface area contributed by atoms with E-state index in [0.29, 0.717) is 12.6 Å². The Balaban J connectivity index is 0.00000405. The highest BCUT2D eigenvalue weighted by Crippen LogP contribution is 2.32. The lowest BCUT2D eigenvalue weighted by molar-refractivity contribution is -0.135. The summed E-state index contributed by atoms with van der Waals surface area (Å²) in [7, 11) is 1.30. The van der Waals surface area contributed by atoms with Crippen LogP contribution in [0.2, 0.25) is 0 Å². The summed E-state index contributed by atoms with van der Waals surface area (Å²) in [6.45, 7) is 5.50. The molecule has 0 saturated carbocycles. The van der Waals surface area contributed by atoms with Crippen LogP contribution >= 0.6 is 12.4 Å². The average molecular weight is 594 g/mol. The number of benzene rings is 1. The number of aromatic nitrogens is 4. The molecule has 2 saturated heterocycles. The predicted octanol–water partition coefficient (Wildman–Crippen LogP) is 5.42. The van der Waals surface area contributed by atoms with Gasteiger partial charge in [-0.25, -0.2) is 14.8 Å². The quantitative estimate of drug-likeness (QED) is 0.245. The molecule has 2 aliphatic heterocycles. The molecule has 0 bridgehead atoms. The van der Waals surface area contributed by atoms with E-state index in [1.165, 1.54) is 13.5 Å². The fourth-order valence-corrected chi connectivity index (χ4v) is 5.48. The Bertz CT molecular complexity index is 1390. The molecule has 0 aliphatic carbocycles. The van der Waals surface area contributed by atoms with Crippen LogP contribution < -0.4 is 10.6 Å². The van der Waals surface area contributed by atoms with Gasteiger partial charge in [-0.1, -0.05) is 56.3 Å². The van der Waals surface area contributed by atoms with Crippen LogP contribution in [0.15, 0.2) is 48.8 Å². The Morgan fingerprint density at radius 2 is 1.79 bits per heavy atom. The van der Waals surface area contributed by atoms with E-state index >= 15 is 0 Å². The molecule has 0 spiro atoms. The zero-order valence-corrected chi connectivity index (χ0v) is 25.1. The lowest BCUT2D eigenvalue weighted by atomic mass is 10.0. The van der Waals surface area contributed by atoms with Crippen LogP contribution in [0.3, 0.4) is 0 Å². The first-order valence-electron chi connectivity index (χ1n) is 14.4. The molecule has 3 aromatic rings. The lowest BCUT2D eigenvalue weighted by Crippen LogP contribution is -2.51. The van der Waals surface area contributed by atoms with Crippen LogP contribution in [0.4, 0.5) is 4.79 Å². The maximum absolute atomic E-state index is 13.4. The fourth-order valence-electron chi connectivity index (χ4n) is 5.48. The Morgan fingerprint density at radius 1 is 1.02 bits per heavy atom. The number of aromatic amines is 2. The molecule has 5 rings (SSSR count). The number of hydrogen-bond donors (Lipinski definition) is 4. The molecule has 4 heterocycles. The van der Waals surface area contributed by atoms with Crippen molar-refractivity contribution in [3.8, 4) is 11.3 Å². The molecule has 2 aromatic heterocycles. The topological polar surface area (TPSA) is 128 Å². The van der Waals surface area contributed by atoms with E-state index < -0.39 is 12.1 Å². The van der Waals surface area contributed by atoms with Gasteiger partial charge in [-0.05, 0) is 55.3 Å². The molecule has 0 unspecified atom stereocenters. The number of likely N-dealkylation sites (tertiary alicyclic amines) is 1. The maximum atomic E-state index is 13.4. The van der Waals surface area contributed by atoms with Crippen LogP contribution in [0.5, 0.6) is 0 Å². The van der Waals surface area contributed by atoms with E-state index in [2.05, 4.69) is 60.9 Å². The van der Waals surface area contributed by atoms with E-state index in [0.717, 1.165) is 60.0 Å². The van der Waals surface area contributed by atoms with Crippen molar-refractivity contribution in [3.05, 3.63) is 71.7 Å². The monoisotopic (exact) mass is 593 g/mol. The molecule has 10 nitrogen and oxygen atoms in total. The number of ether oxygens (including phenoxy) is 1. The van der Waals surface area contributed by atoms with E-state index in [9.17, 15) is 9.59 Å². The predicted molar refractivity (Wildman–Crippen MR) is 166 cm³/mol. The number of rotatable bonds is 9. The Hall–Kier alpha value is -3.89. The molecule has 2 fully saturated rings. The summed E-state index contributed by atoms with van der Waals surface area (Å²) in [6.07, 6.45) is 15.2. The van der Waals surface area contributed by atoms with Gasteiger partial charge in [0.15, 0.2) is 0 Å². The van der Waals surface area contributed by atoms with Crippen molar-refractivity contribution in [2.45, 2.75) is 57.7 Å². The molecule has 11 heteroatoms. The lowest BCUT2D eigenvalue weighted by Gasteiger charge is -2.30. The van der Waals surface area contributed by atoms with Crippen LogP contribution in [0.1, 0.15) is 74.5 Å². The van der Waals surface area contributed by atoms with Gasteiger partial charge in [-0.15, -0.1) is 12.4 Å². The van der Waals surface area contributed by atoms with Gasteiger partial charge in [0.2, 0.25) is 5.91 Å². The first-order chi connectivity index (χ1) is 19.9. The number of H-pyrrole nitrogens is 2. The molecule has 2 amide bonds. The smallest absolute Gasteiger partial charge is 0.407 e. The van der Waals surface area contributed by atoms with E-state index in [4.69, 9.17) is 4.74 Å². The molecule has 2 aliphatic rings. The minimum Gasteiger partial charge on any atom is -0.453 e. The van der Waals surface area contributed by atoms with Gasteiger partial charge in [0.05, 0.1) is 43.0 Å². The molecule has 0 radical (unpaired) electrons. The van der Waals surface area contributed by atoms with Crippen molar-refractivity contribution in [2.75, 3.05) is 20.2 Å². The van der Waals surface area contributed by atoms with Crippen molar-refractivity contribution >= 4 is 36.6 Å². The largest absolute Gasteiger partial charge is 0.453 e. The number of nitrogens with zero attached hydrogens (tertiary/aromatic N) is 3. The van der Waals surface area contributed by atoms with Crippen LogP contribution in [-0.2, 0) is 9.53 Å². The van der Waals surface area contributed by atoms with Crippen molar-refractivity contribution in [1.29, 1.82) is 0 Å². The zero-order chi connectivity index (χ0) is 28.8. The van der Waals surface area contributed by atoms with Gasteiger partial charge in [-0.3, -0.25) is 4.79 Å². The number of alkyl carbamates (subject to hydrolysis) is 1. The van der Waals surface area contributed by atoms with Gasteiger partial charge in [0.1, 0.15) is 17.7 Å².